The molecule has 0 saturated heterocycles. The molecule has 0 saturated carbocycles. The standard InChI is InChI=1S/C10H17NO2/c1-8-5-6-11(7-8)9(12)13-10(2,3)4/h7H,5-6H2,1-4H3. The van der Waals surface area contributed by atoms with Gasteiger partial charge in [0, 0.05) is 12.7 Å². The Morgan fingerprint density at radius 2 is 2.15 bits per heavy atom. The van der Waals surface area contributed by atoms with E-state index in [0.29, 0.717) is 0 Å². The van der Waals surface area contributed by atoms with Crippen molar-refractivity contribution >= 4 is 6.09 Å². The maximum absolute atomic E-state index is 11.5. The molecule has 3 nitrogen and oxygen atoms in total. The molecule has 0 radical (unpaired) electrons. The maximum Gasteiger partial charge on any atom is 0.414 e. The van der Waals surface area contributed by atoms with Gasteiger partial charge in [-0.05, 0) is 34.1 Å². The average Bonchev–Trinajstić information content (AvgIpc) is 2.31. The van der Waals surface area contributed by atoms with Crippen molar-refractivity contribution in [2.45, 2.75) is 39.7 Å². The number of carbonyl (C=O) groups is 1. The third kappa shape index (κ3) is 3.09. The van der Waals surface area contributed by atoms with Crippen LogP contribution in [0, 0.1) is 0 Å². The zero-order valence-corrected chi connectivity index (χ0v) is 8.76. The molecule has 1 aliphatic heterocycles. The molecule has 13 heavy (non-hydrogen) atoms. The van der Waals surface area contributed by atoms with Gasteiger partial charge < -0.3 is 4.74 Å². The van der Waals surface area contributed by atoms with Crippen molar-refractivity contribution in [3.63, 3.8) is 0 Å². The highest BCUT2D eigenvalue weighted by Crippen LogP contribution is 2.17. The molecule has 0 aliphatic carbocycles. The van der Waals surface area contributed by atoms with Gasteiger partial charge in [0.2, 0.25) is 0 Å². The van der Waals surface area contributed by atoms with Gasteiger partial charge in [-0.3, -0.25) is 4.90 Å². The fourth-order valence-electron chi connectivity index (χ4n) is 1.16. The van der Waals surface area contributed by atoms with Crippen molar-refractivity contribution in [3.05, 3.63) is 11.8 Å². The van der Waals surface area contributed by atoms with Crippen LogP contribution in [0.3, 0.4) is 0 Å². The zero-order valence-electron chi connectivity index (χ0n) is 8.76. The van der Waals surface area contributed by atoms with E-state index >= 15 is 0 Å². The minimum Gasteiger partial charge on any atom is -0.443 e. The van der Waals surface area contributed by atoms with E-state index in [9.17, 15) is 4.79 Å². The van der Waals surface area contributed by atoms with Crippen LogP contribution in [0.2, 0.25) is 0 Å². The van der Waals surface area contributed by atoms with E-state index in [4.69, 9.17) is 4.74 Å². The van der Waals surface area contributed by atoms with E-state index < -0.39 is 5.60 Å². The molecular formula is C10H17NO2. The lowest BCUT2D eigenvalue weighted by Crippen LogP contribution is -2.32. The first-order valence-electron chi connectivity index (χ1n) is 4.55. The second-order valence-electron chi connectivity index (χ2n) is 4.40. The van der Waals surface area contributed by atoms with Crippen LogP contribution >= 0.6 is 0 Å². The van der Waals surface area contributed by atoms with Crippen molar-refractivity contribution in [1.82, 2.24) is 4.90 Å². The third-order valence-corrected chi connectivity index (χ3v) is 1.75. The number of ether oxygens (including phenoxy) is 1. The highest BCUT2D eigenvalue weighted by Gasteiger charge is 2.23. The SMILES string of the molecule is CC1=CN(C(=O)OC(C)(C)C)CC1. The van der Waals surface area contributed by atoms with E-state index in [1.807, 2.05) is 33.9 Å². The van der Waals surface area contributed by atoms with Crippen molar-refractivity contribution in [2.24, 2.45) is 0 Å². The molecule has 1 aliphatic rings. The van der Waals surface area contributed by atoms with Crippen LogP contribution in [0.25, 0.3) is 0 Å². The fraction of sp³-hybridized carbons (Fsp3) is 0.700. The first-order chi connectivity index (χ1) is 5.88. The smallest absolute Gasteiger partial charge is 0.414 e. The van der Waals surface area contributed by atoms with Crippen molar-refractivity contribution in [2.75, 3.05) is 6.54 Å². The molecule has 1 rings (SSSR count). The maximum atomic E-state index is 11.5. The summed E-state index contributed by atoms with van der Waals surface area (Å²) in [5, 5.41) is 0. The summed E-state index contributed by atoms with van der Waals surface area (Å²) in [6, 6.07) is 0. The van der Waals surface area contributed by atoms with Crippen LogP contribution in [0.15, 0.2) is 11.8 Å². The van der Waals surface area contributed by atoms with Crippen LogP contribution in [0.4, 0.5) is 4.79 Å². The molecule has 1 amide bonds. The summed E-state index contributed by atoms with van der Waals surface area (Å²) in [6.45, 7) is 8.39. The molecule has 1 heterocycles. The second kappa shape index (κ2) is 3.40. The van der Waals surface area contributed by atoms with E-state index in [2.05, 4.69) is 0 Å². The van der Waals surface area contributed by atoms with E-state index in [1.165, 1.54) is 5.57 Å². The number of amides is 1. The van der Waals surface area contributed by atoms with Crippen LogP contribution in [0.1, 0.15) is 34.1 Å². The summed E-state index contributed by atoms with van der Waals surface area (Å²) in [5.41, 5.74) is 0.826. The Balaban J connectivity index is 2.50. The van der Waals surface area contributed by atoms with Crippen molar-refractivity contribution < 1.29 is 9.53 Å². The number of rotatable bonds is 0. The topological polar surface area (TPSA) is 29.5 Å². The predicted molar refractivity (Wildman–Crippen MR) is 51.3 cm³/mol. The minimum atomic E-state index is -0.401. The zero-order chi connectivity index (χ0) is 10.1. The quantitative estimate of drug-likeness (QED) is 0.577. The predicted octanol–water partition coefficient (Wildman–Crippen LogP) is 2.53. The van der Waals surface area contributed by atoms with Gasteiger partial charge >= 0.3 is 6.09 Å². The molecule has 0 aromatic rings. The lowest BCUT2D eigenvalue weighted by atomic mass is 10.2. The van der Waals surface area contributed by atoms with Crippen LogP contribution < -0.4 is 0 Å². The van der Waals surface area contributed by atoms with E-state index in [0.717, 1.165) is 13.0 Å². The number of hydrogen-bond donors (Lipinski definition) is 0. The molecule has 0 unspecified atom stereocenters. The van der Waals surface area contributed by atoms with Crippen molar-refractivity contribution in [1.29, 1.82) is 0 Å². The normalized spacial score (nSPS) is 17.2. The molecule has 0 N–H and O–H groups in total. The van der Waals surface area contributed by atoms with Crippen molar-refractivity contribution in [3.8, 4) is 0 Å². The van der Waals surface area contributed by atoms with Gasteiger partial charge in [-0.15, -0.1) is 0 Å². The summed E-state index contributed by atoms with van der Waals surface area (Å²) in [7, 11) is 0. The first-order valence-corrected chi connectivity index (χ1v) is 4.55. The first kappa shape index (κ1) is 10.1. The second-order valence-corrected chi connectivity index (χ2v) is 4.40. The Bertz CT molecular complexity index is 238. The summed E-state index contributed by atoms with van der Waals surface area (Å²) < 4.78 is 5.21. The van der Waals surface area contributed by atoms with Gasteiger partial charge in [0.1, 0.15) is 5.60 Å². The fourth-order valence-corrected chi connectivity index (χ4v) is 1.16. The molecular weight excluding hydrogens is 166 g/mol. The molecule has 0 spiro atoms. The van der Waals surface area contributed by atoms with Gasteiger partial charge in [0.15, 0.2) is 0 Å². The Labute approximate surface area is 79.4 Å². The van der Waals surface area contributed by atoms with E-state index in [-0.39, 0.29) is 6.09 Å². The molecule has 74 valence electrons. The summed E-state index contributed by atoms with van der Waals surface area (Å²) in [6.07, 6.45) is 2.57. The molecule has 0 aromatic heterocycles. The average molecular weight is 183 g/mol. The Hall–Kier alpha value is -0.990. The summed E-state index contributed by atoms with van der Waals surface area (Å²) in [5.74, 6) is 0. The molecule has 0 atom stereocenters. The Morgan fingerprint density at radius 1 is 1.54 bits per heavy atom. The number of carbonyl (C=O) groups excluding carboxylic acids is 1. The third-order valence-electron chi connectivity index (χ3n) is 1.75. The van der Waals surface area contributed by atoms with Crippen LogP contribution in [0.5, 0.6) is 0 Å². The van der Waals surface area contributed by atoms with Gasteiger partial charge in [-0.2, -0.15) is 0 Å². The Kier molecular flexibility index (Phi) is 2.64. The van der Waals surface area contributed by atoms with Gasteiger partial charge in [0.05, 0.1) is 0 Å². The van der Waals surface area contributed by atoms with Crippen LogP contribution in [-0.4, -0.2) is 23.1 Å². The molecule has 0 fully saturated rings. The monoisotopic (exact) mass is 183 g/mol. The largest absolute Gasteiger partial charge is 0.443 e. The minimum absolute atomic E-state index is 0.246. The van der Waals surface area contributed by atoms with Crippen LogP contribution in [-0.2, 0) is 4.74 Å². The molecule has 0 bridgehead atoms. The summed E-state index contributed by atoms with van der Waals surface area (Å²) in [4.78, 5) is 13.1. The highest BCUT2D eigenvalue weighted by atomic mass is 16.6. The number of nitrogens with zero attached hydrogens (tertiary/aromatic N) is 1. The Morgan fingerprint density at radius 3 is 2.54 bits per heavy atom. The lowest BCUT2D eigenvalue weighted by Gasteiger charge is -2.23. The highest BCUT2D eigenvalue weighted by molar-refractivity contribution is 5.70. The number of hydrogen-bond acceptors (Lipinski definition) is 2. The van der Waals surface area contributed by atoms with E-state index in [1.54, 1.807) is 4.90 Å². The van der Waals surface area contributed by atoms with Gasteiger partial charge in [-0.25, -0.2) is 4.79 Å². The molecule has 3 heteroatoms. The molecule has 0 aromatic carbocycles. The van der Waals surface area contributed by atoms with Gasteiger partial charge in [-0.1, -0.05) is 5.57 Å². The lowest BCUT2D eigenvalue weighted by molar-refractivity contribution is 0.0349. The van der Waals surface area contributed by atoms with Gasteiger partial charge in [0.25, 0.3) is 0 Å². The summed E-state index contributed by atoms with van der Waals surface area (Å²) >= 11 is 0.